The molecular weight excluding hydrogens is 382 g/mol. The average Bonchev–Trinajstić information content (AvgIpc) is 3.37. The molecular formula is C24H29NO5. The van der Waals surface area contributed by atoms with Crippen LogP contribution >= 0.6 is 0 Å². The molecule has 1 aliphatic heterocycles. The predicted molar refractivity (Wildman–Crippen MR) is 109 cm³/mol. The minimum atomic E-state index is -0.985. The van der Waals surface area contributed by atoms with Gasteiger partial charge in [0.15, 0.2) is 6.61 Å². The van der Waals surface area contributed by atoms with Gasteiger partial charge in [0.05, 0.1) is 11.8 Å². The van der Waals surface area contributed by atoms with Gasteiger partial charge in [-0.25, -0.2) is 4.79 Å². The van der Waals surface area contributed by atoms with Gasteiger partial charge in [0.2, 0.25) is 17.6 Å². The average molecular weight is 411 g/mol. The molecule has 6 nitrogen and oxygen atoms in total. The van der Waals surface area contributed by atoms with Crippen molar-refractivity contribution in [3.63, 3.8) is 0 Å². The molecule has 2 amide bonds. The number of Topliss-reactive ketones (excluding diaryl/α,β-unsaturated/α-hetero) is 1. The molecule has 5 atom stereocenters. The van der Waals surface area contributed by atoms with Crippen molar-refractivity contribution in [3.05, 3.63) is 34.9 Å². The number of hydrogen-bond donors (Lipinski definition) is 0. The summed E-state index contributed by atoms with van der Waals surface area (Å²) in [5.41, 5.74) is 2.28. The summed E-state index contributed by atoms with van der Waals surface area (Å²) in [5.74, 6) is -1.75. The molecule has 0 spiro atoms. The number of ether oxygens (including phenoxy) is 1. The third kappa shape index (κ3) is 3.26. The van der Waals surface area contributed by atoms with E-state index in [0.717, 1.165) is 35.3 Å². The van der Waals surface area contributed by atoms with Gasteiger partial charge in [0, 0.05) is 5.56 Å². The Morgan fingerprint density at radius 2 is 1.67 bits per heavy atom. The highest BCUT2D eigenvalue weighted by Gasteiger charge is 2.62. The summed E-state index contributed by atoms with van der Waals surface area (Å²) in [7, 11) is 0. The van der Waals surface area contributed by atoms with E-state index in [1.54, 1.807) is 19.9 Å². The van der Waals surface area contributed by atoms with Crippen LogP contribution < -0.4 is 0 Å². The van der Waals surface area contributed by atoms with E-state index in [1.165, 1.54) is 0 Å². The van der Waals surface area contributed by atoms with Gasteiger partial charge in [-0.2, -0.15) is 0 Å². The third-order valence-corrected chi connectivity index (χ3v) is 7.15. The number of rotatable bonds is 6. The van der Waals surface area contributed by atoms with E-state index in [4.69, 9.17) is 4.74 Å². The van der Waals surface area contributed by atoms with Crippen LogP contribution in [0.5, 0.6) is 0 Å². The number of likely N-dealkylation sites (tertiary alicyclic amines) is 1. The van der Waals surface area contributed by atoms with Crippen LogP contribution in [0.1, 0.15) is 54.6 Å². The lowest BCUT2D eigenvalue weighted by Gasteiger charge is -2.28. The van der Waals surface area contributed by atoms with Crippen molar-refractivity contribution in [2.45, 2.75) is 53.0 Å². The molecule has 0 radical (unpaired) electrons. The molecule has 0 N–H and O–H groups in total. The number of carbonyl (C=O) groups excluding carboxylic acids is 4. The van der Waals surface area contributed by atoms with E-state index in [9.17, 15) is 19.2 Å². The minimum Gasteiger partial charge on any atom is -0.456 e. The Labute approximate surface area is 177 Å². The van der Waals surface area contributed by atoms with E-state index in [-0.39, 0.29) is 47.2 Å². The number of esters is 1. The second-order valence-corrected chi connectivity index (χ2v) is 9.47. The van der Waals surface area contributed by atoms with Crippen LogP contribution in [0.4, 0.5) is 0 Å². The Bertz CT molecular complexity index is 892. The van der Waals surface area contributed by atoms with Gasteiger partial charge in [-0.1, -0.05) is 31.5 Å². The van der Waals surface area contributed by atoms with Crippen molar-refractivity contribution in [1.29, 1.82) is 0 Å². The number of imide groups is 1. The van der Waals surface area contributed by atoms with Gasteiger partial charge in [-0.15, -0.1) is 0 Å². The fraction of sp³-hybridized carbons (Fsp3) is 0.583. The first-order chi connectivity index (χ1) is 14.2. The van der Waals surface area contributed by atoms with Crippen LogP contribution in [0.25, 0.3) is 0 Å². The number of aryl methyl sites for hydroxylation is 2. The molecule has 2 bridgehead atoms. The van der Waals surface area contributed by atoms with Crippen molar-refractivity contribution in [3.8, 4) is 0 Å². The molecule has 3 aliphatic rings. The quantitative estimate of drug-likeness (QED) is 0.408. The van der Waals surface area contributed by atoms with Crippen molar-refractivity contribution in [2.24, 2.45) is 29.6 Å². The van der Waals surface area contributed by atoms with Gasteiger partial charge in [0.25, 0.3) is 0 Å². The van der Waals surface area contributed by atoms with Gasteiger partial charge >= 0.3 is 5.97 Å². The maximum atomic E-state index is 13.1. The summed E-state index contributed by atoms with van der Waals surface area (Å²) in [6, 6.07) is 4.56. The molecule has 30 heavy (non-hydrogen) atoms. The standard InChI is InChI=1S/C24H29NO5/c1-12(2)21(24(29)30-11-18(26)17-9-13(3)5-6-14(17)4)25-22(27)19-15-7-8-16(10-15)20(19)23(25)28/h5-6,9,12,15-16,19-21H,7-8,10-11H2,1-4H3/t15-,16-,19-,20+,21-/m1/s1. The molecule has 2 saturated carbocycles. The largest absolute Gasteiger partial charge is 0.456 e. The zero-order valence-corrected chi connectivity index (χ0v) is 18.0. The fourth-order valence-electron chi connectivity index (χ4n) is 5.72. The van der Waals surface area contributed by atoms with E-state index < -0.39 is 18.6 Å². The number of fused-ring (bicyclic) bond motifs is 5. The number of ketones is 1. The van der Waals surface area contributed by atoms with Crippen molar-refractivity contribution < 1.29 is 23.9 Å². The van der Waals surface area contributed by atoms with Crippen LogP contribution in [0.15, 0.2) is 18.2 Å². The van der Waals surface area contributed by atoms with Crippen LogP contribution in [0.2, 0.25) is 0 Å². The minimum absolute atomic E-state index is 0.228. The number of carbonyl (C=O) groups is 4. The Kier molecular flexibility index (Phi) is 5.28. The first kappa shape index (κ1) is 20.8. The summed E-state index contributed by atoms with van der Waals surface area (Å²) in [6.45, 7) is 6.91. The van der Waals surface area contributed by atoms with E-state index >= 15 is 0 Å². The van der Waals surface area contributed by atoms with Crippen LogP contribution in [0.3, 0.4) is 0 Å². The van der Waals surface area contributed by atoms with Crippen LogP contribution in [-0.4, -0.2) is 41.1 Å². The summed E-state index contributed by atoms with van der Waals surface area (Å²) in [5, 5.41) is 0. The number of benzene rings is 1. The molecule has 2 aliphatic carbocycles. The highest BCUT2D eigenvalue weighted by atomic mass is 16.5. The molecule has 4 rings (SSSR count). The van der Waals surface area contributed by atoms with Gasteiger partial charge < -0.3 is 4.74 Å². The highest BCUT2D eigenvalue weighted by molar-refractivity contribution is 6.09. The van der Waals surface area contributed by atoms with Crippen molar-refractivity contribution in [1.82, 2.24) is 4.90 Å². The lowest BCUT2D eigenvalue weighted by molar-refractivity contribution is -0.160. The molecule has 160 valence electrons. The lowest BCUT2D eigenvalue weighted by atomic mass is 9.81. The summed E-state index contributed by atoms with van der Waals surface area (Å²) in [6.07, 6.45) is 2.92. The Morgan fingerprint density at radius 3 is 2.23 bits per heavy atom. The van der Waals surface area contributed by atoms with E-state index in [0.29, 0.717) is 5.56 Å². The molecule has 1 saturated heterocycles. The normalized spacial score (nSPS) is 28.2. The van der Waals surface area contributed by atoms with Crippen molar-refractivity contribution in [2.75, 3.05) is 6.61 Å². The molecule has 1 aromatic carbocycles. The van der Waals surface area contributed by atoms with E-state index in [1.807, 2.05) is 26.0 Å². The SMILES string of the molecule is Cc1ccc(C)c(C(=O)COC(=O)[C@@H](C(C)C)N2C(=O)[C@@H]3[C@@H]4CC[C@H](C4)[C@@H]3C2=O)c1. The monoisotopic (exact) mass is 411 g/mol. The number of nitrogens with zero attached hydrogens (tertiary/aromatic N) is 1. The smallest absolute Gasteiger partial charge is 0.330 e. The number of hydrogen-bond acceptors (Lipinski definition) is 5. The number of amides is 2. The van der Waals surface area contributed by atoms with Gasteiger partial charge in [-0.3, -0.25) is 19.3 Å². The maximum absolute atomic E-state index is 13.1. The zero-order chi connectivity index (χ0) is 21.7. The zero-order valence-electron chi connectivity index (χ0n) is 18.0. The molecule has 3 fully saturated rings. The molecule has 1 aromatic rings. The Morgan fingerprint density at radius 1 is 1.07 bits per heavy atom. The van der Waals surface area contributed by atoms with E-state index in [2.05, 4.69) is 0 Å². The molecule has 6 heteroatoms. The maximum Gasteiger partial charge on any atom is 0.330 e. The topological polar surface area (TPSA) is 80.8 Å². The summed E-state index contributed by atoms with van der Waals surface area (Å²) >= 11 is 0. The second kappa shape index (κ2) is 7.64. The first-order valence-corrected chi connectivity index (χ1v) is 10.8. The third-order valence-electron chi connectivity index (χ3n) is 7.15. The van der Waals surface area contributed by atoms with Crippen LogP contribution in [0, 0.1) is 43.4 Å². The van der Waals surface area contributed by atoms with Gasteiger partial charge in [-0.05, 0) is 62.5 Å². The summed E-state index contributed by atoms with van der Waals surface area (Å²) in [4.78, 5) is 52.9. The molecule has 0 unspecified atom stereocenters. The summed E-state index contributed by atoms with van der Waals surface area (Å²) < 4.78 is 5.34. The Hall–Kier alpha value is -2.50. The molecule has 1 heterocycles. The molecule has 0 aromatic heterocycles. The first-order valence-electron chi connectivity index (χ1n) is 10.8. The Balaban J connectivity index is 1.49. The van der Waals surface area contributed by atoms with Crippen molar-refractivity contribution >= 4 is 23.6 Å². The second-order valence-electron chi connectivity index (χ2n) is 9.47. The predicted octanol–water partition coefficient (Wildman–Crippen LogP) is 3.09. The van der Waals surface area contributed by atoms with Gasteiger partial charge in [0.1, 0.15) is 6.04 Å². The van der Waals surface area contributed by atoms with Crippen LogP contribution in [-0.2, 0) is 19.1 Å². The lowest BCUT2D eigenvalue weighted by Crippen LogP contribution is -2.50. The highest BCUT2D eigenvalue weighted by Crippen LogP contribution is 2.56. The fourth-order valence-corrected chi connectivity index (χ4v) is 5.72.